The first-order valence-corrected chi connectivity index (χ1v) is 9.43. The largest absolute Gasteiger partial charge is 0.335 e. The quantitative estimate of drug-likeness (QED) is 0.635. The molecule has 1 fully saturated rings. The van der Waals surface area contributed by atoms with Gasteiger partial charge in [-0.15, -0.1) is 0 Å². The topological polar surface area (TPSA) is 41.4 Å². The molecule has 1 aliphatic rings. The summed E-state index contributed by atoms with van der Waals surface area (Å²) in [7, 11) is 1.80. The molecule has 1 amide bonds. The molecule has 0 N–H and O–H groups in total. The third kappa shape index (κ3) is 3.71. The molecule has 3 rings (SSSR count). The van der Waals surface area contributed by atoms with E-state index in [0.29, 0.717) is 35.4 Å². The van der Waals surface area contributed by atoms with Gasteiger partial charge < -0.3 is 4.90 Å². The fourth-order valence-electron chi connectivity index (χ4n) is 2.82. The number of amides is 1. The Morgan fingerprint density at radius 1 is 1.21 bits per heavy atom. The van der Waals surface area contributed by atoms with Crippen molar-refractivity contribution in [2.24, 2.45) is 7.05 Å². The summed E-state index contributed by atoms with van der Waals surface area (Å²) < 4.78 is 2.52. The van der Waals surface area contributed by atoms with Crippen LogP contribution in [0.15, 0.2) is 24.4 Å². The van der Waals surface area contributed by atoms with Gasteiger partial charge in [0.15, 0.2) is 0 Å². The number of piperazine rings is 1. The number of halogens is 3. The zero-order chi connectivity index (χ0) is 17.3. The number of hydrogen-bond acceptors (Lipinski definition) is 3. The normalized spacial score (nSPS) is 15.8. The second kappa shape index (κ2) is 7.59. The van der Waals surface area contributed by atoms with E-state index in [1.165, 1.54) is 0 Å². The van der Waals surface area contributed by atoms with Gasteiger partial charge in [-0.3, -0.25) is 14.4 Å². The van der Waals surface area contributed by atoms with E-state index in [1.807, 2.05) is 23.1 Å². The molecule has 5 nitrogen and oxygen atoms in total. The summed E-state index contributed by atoms with van der Waals surface area (Å²) in [4.78, 5) is 16.8. The Hall–Kier alpha value is -0.830. The van der Waals surface area contributed by atoms with Gasteiger partial charge in [0.1, 0.15) is 5.69 Å². The van der Waals surface area contributed by atoms with Crippen LogP contribution in [-0.4, -0.2) is 51.7 Å². The number of hydrogen-bond donors (Lipinski definition) is 0. The van der Waals surface area contributed by atoms with Crippen molar-refractivity contribution < 1.29 is 4.79 Å². The molecule has 0 radical (unpaired) electrons. The summed E-state index contributed by atoms with van der Waals surface area (Å²) in [5.74, 6) is 0.0369. The average molecular weight is 479 g/mol. The van der Waals surface area contributed by atoms with E-state index >= 15 is 0 Å². The number of carbonyl (C=O) groups is 1. The first-order chi connectivity index (χ1) is 11.5. The minimum atomic E-state index is 0.0369. The van der Waals surface area contributed by atoms with E-state index in [-0.39, 0.29) is 5.91 Å². The molecule has 1 aromatic carbocycles. The Kier molecular flexibility index (Phi) is 5.69. The zero-order valence-corrected chi connectivity index (χ0v) is 16.8. The number of nitrogens with zero attached hydrogens (tertiary/aromatic N) is 4. The molecule has 2 heterocycles. The summed E-state index contributed by atoms with van der Waals surface area (Å²) >= 11 is 14.6. The molecule has 1 aromatic heterocycles. The molecule has 1 saturated heterocycles. The number of benzene rings is 1. The van der Waals surface area contributed by atoms with Crippen LogP contribution in [0.5, 0.6) is 0 Å². The molecule has 128 valence electrons. The van der Waals surface area contributed by atoms with Crippen molar-refractivity contribution in [2.45, 2.75) is 6.54 Å². The van der Waals surface area contributed by atoms with Crippen LogP contribution in [0.3, 0.4) is 0 Å². The average Bonchev–Trinajstić information content (AvgIpc) is 2.90. The number of carbonyl (C=O) groups excluding carboxylic acids is 1. The third-order valence-electron chi connectivity index (χ3n) is 4.20. The highest BCUT2D eigenvalue weighted by Crippen LogP contribution is 2.26. The Labute approximate surface area is 164 Å². The van der Waals surface area contributed by atoms with E-state index in [4.69, 9.17) is 23.2 Å². The van der Waals surface area contributed by atoms with Gasteiger partial charge in [-0.05, 0) is 34.7 Å². The Balaban J connectivity index is 1.63. The van der Waals surface area contributed by atoms with Gasteiger partial charge in [-0.1, -0.05) is 29.3 Å². The Bertz CT molecular complexity index is 717. The van der Waals surface area contributed by atoms with Crippen LogP contribution in [0.1, 0.15) is 16.1 Å². The molecule has 8 heteroatoms. The molecule has 0 spiro atoms. The monoisotopic (exact) mass is 478 g/mol. The van der Waals surface area contributed by atoms with Gasteiger partial charge in [0, 0.05) is 55.4 Å². The molecule has 24 heavy (non-hydrogen) atoms. The van der Waals surface area contributed by atoms with Crippen molar-refractivity contribution in [3.8, 4) is 0 Å². The predicted octanol–water partition coefficient (Wildman–Crippen LogP) is 3.29. The van der Waals surface area contributed by atoms with Crippen molar-refractivity contribution in [1.82, 2.24) is 19.6 Å². The maximum absolute atomic E-state index is 12.7. The summed E-state index contributed by atoms with van der Waals surface area (Å²) in [6, 6.07) is 5.56. The summed E-state index contributed by atoms with van der Waals surface area (Å²) in [6.45, 7) is 3.65. The van der Waals surface area contributed by atoms with Crippen molar-refractivity contribution >= 4 is 51.7 Å². The highest BCUT2D eigenvalue weighted by Gasteiger charge is 2.26. The van der Waals surface area contributed by atoms with Crippen molar-refractivity contribution in [1.29, 1.82) is 0 Å². The molecule has 0 unspecified atom stereocenters. The lowest BCUT2D eigenvalue weighted by Crippen LogP contribution is -2.48. The maximum atomic E-state index is 12.7. The SMILES string of the molecule is Cn1ncc(I)c1C(=O)N1CCN(Cc2c(Cl)cccc2Cl)CC1. The maximum Gasteiger partial charge on any atom is 0.273 e. The van der Waals surface area contributed by atoms with Crippen LogP contribution >= 0.6 is 45.8 Å². The van der Waals surface area contributed by atoms with Gasteiger partial charge in [-0.2, -0.15) is 5.10 Å². The van der Waals surface area contributed by atoms with Gasteiger partial charge >= 0.3 is 0 Å². The lowest BCUT2D eigenvalue weighted by Gasteiger charge is -2.35. The predicted molar refractivity (Wildman–Crippen MR) is 104 cm³/mol. The molecule has 0 bridgehead atoms. The number of aryl methyl sites for hydroxylation is 1. The van der Waals surface area contributed by atoms with E-state index in [0.717, 1.165) is 22.2 Å². The smallest absolute Gasteiger partial charge is 0.273 e. The molecular formula is C16H17Cl2IN4O. The summed E-state index contributed by atoms with van der Waals surface area (Å²) in [5.41, 5.74) is 1.60. The van der Waals surface area contributed by atoms with Gasteiger partial charge in [0.05, 0.1) is 9.77 Å². The highest BCUT2D eigenvalue weighted by atomic mass is 127. The summed E-state index contributed by atoms with van der Waals surface area (Å²) in [6.07, 6.45) is 1.71. The minimum Gasteiger partial charge on any atom is -0.335 e. The molecular weight excluding hydrogens is 462 g/mol. The highest BCUT2D eigenvalue weighted by molar-refractivity contribution is 14.1. The van der Waals surface area contributed by atoms with E-state index < -0.39 is 0 Å². The fraction of sp³-hybridized carbons (Fsp3) is 0.375. The van der Waals surface area contributed by atoms with E-state index in [9.17, 15) is 4.79 Å². The minimum absolute atomic E-state index is 0.0369. The molecule has 0 aliphatic carbocycles. The van der Waals surface area contributed by atoms with Crippen molar-refractivity contribution in [2.75, 3.05) is 26.2 Å². The van der Waals surface area contributed by atoms with Crippen LogP contribution in [0.2, 0.25) is 10.0 Å². The lowest BCUT2D eigenvalue weighted by atomic mass is 10.2. The lowest BCUT2D eigenvalue weighted by molar-refractivity contribution is 0.0616. The van der Waals surface area contributed by atoms with Gasteiger partial charge in [0.2, 0.25) is 0 Å². The third-order valence-corrected chi connectivity index (χ3v) is 5.70. The van der Waals surface area contributed by atoms with Gasteiger partial charge in [0.25, 0.3) is 5.91 Å². The Morgan fingerprint density at radius 2 is 1.83 bits per heavy atom. The molecule has 2 aromatic rings. The second-order valence-corrected chi connectivity index (χ2v) is 7.71. The molecule has 0 saturated carbocycles. The van der Waals surface area contributed by atoms with Crippen LogP contribution in [0.4, 0.5) is 0 Å². The van der Waals surface area contributed by atoms with Crippen LogP contribution in [0, 0.1) is 3.57 Å². The molecule has 1 aliphatic heterocycles. The fourth-order valence-corrected chi connectivity index (χ4v) is 4.04. The zero-order valence-electron chi connectivity index (χ0n) is 13.2. The van der Waals surface area contributed by atoms with Crippen molar-refractivity contribution in [3.05, 3.63) is 49.3 Å². The number of rotatable bonds is 3. The van der Waals surface area contributed by atoms with Crippen LogP contribution in [-0.2, 0) is 13.6 Å². The number of aromatic nitrogens is 2. The van der Waals surface area contributed by atoms with Crippen LogP contribution in [0.25, 0.3) is 0 Å². The van der Waals surface area contributed by atoms with E-state index in [1.54, 1.807) is 17.9 Å². The van der Waals surface area contributed by atoms with Crippen LogP contribution < -0.4 is 0 Å². The van der Waals surface area contributed by atoms with Crippen molar-refractivity contribution in [3.63, 3.8) is 0 Å². The standard InChI is InChI=1S/C16H17Cl2IN4O/c1-21-15(14(19)9-20-21)16(24)23-7-5-22(6-8-23)10-11-12(17)3-2-4-13(11)18/h2-4,9H,5-8,10H2,1H3. The van der Waals surface area contributed by atoms with Gasteiger partial charge in [-0.25, -0.2) is 0 Å². The molecule has 0 atom stereocenters. The second-order valence-electron chi connectivity index (χ2n) is 5.73. The van der Waals surface area contributed by atoms with E-state index in [2.05, 4.69) is 32.6 Å². The summed E-state index contributed by atoms with van der Waals surface area (Å²) in [5, 5.41) is 5.52. The first kappa shape index (κ1) is 18.0. The Morgan fingerprint density at radius 3 is 2.38 bits per heavy atom. The first-order valence-electron chi connectivity index (χ1n) is 7.59.